The number of carbonyl (C=O) groups is 2. The third-order valence-corrected chi connectivity index (χ3v) is 3.87. The lowest BCUT2D eigenvalue weighted by Gasteiger charge is -2.15. The van der Waals surface area contributed by atoms with Gasteiger partial charge in [-0.1, -0.05) is 19.8 Å². The number of carboxylic acid groups (broad SMARTS) is 1. The van der Waals surface area contributed by atoms with Crippen molar-refractivity contribution in [2.75, 3.05) is 0 Å². The first-order valence-electron chi connectivity index (χ1n) is 6.94. The number of unbranched alkanes of at least 4 members (excludes halogenated alkanes) is 1. The SMILES string of the molecule is CCCC[C@H](NC(=O)c1cc(Br)cn1C1CC1)C(=O)O. The Bertz CT molecular complexity index is 509. The molecule has 2 N–H and O–H groups in total. The number of nitrogens with one attached hydrogen (secondary N) is 1. The summed E-state index contributed by atoms with van der Waals surface area (Å²) in [5, 5.41) is 11.8. The van der Waals surface area contributed by atoms with Crippen molar-refractivity contribution in [3.63, 3.8) is 0 Å². The van der Waals surface area contributed by atoms with Gasteiger partial charge in [0.2, 0.25) is 0 Å². The molecule has 0 bridgehead atoms. The number of carbonyl (C=O) groups excluding carboxylic acids is 1. The van der Waals surface area contributed by atoms with Gasteiger partial charge in [0.05, 0.1) is 0 Å². The molecule has 0 aromatic carbocycles. The molecule has 0 aliphatic heterocycles. The van der Waals surface area contributed by atoms with E-state index in [1.807, 2.05) is 17.7 Å². The lowest BCUT2D eigenvalue weighted by molar-refractivity contribution is -0.139. The number of carboxylic acids is 1. The maximum Gasteiger partial charge on any atom is 0.326 e. The molecular formula is C14H19BrN2O3. The molecule has 6 heteroatoms. The minimum atomic E-state index is -0.976. The van der Waals surface area contributed by atoms with E-state index in [0.717, 1.165) is 30.2 Å². The molecule has 1 fully saturated rings. The summed E-state index contributed by atoms with van der Waals surface area (Å²) < 4.78 is 2.77. The van der Waals surface area contributed by atoms with E-state index in [4.69, 9.17) is 5.11 Å². The van der Waals surface area contributed by atoms with E-state index in [1.54, 1.807) is 6.07 Å². The molecular weight excluding hydrogens is 324 g/mol. The Kier molecular flexibility index (Phi) is 4.86. The van der Waals surface area contributed by atoms with Gasteiger partial charge in [-0.05, 0) is 41.3 Å². The third kappa shape index (κ3) is 3.62. The summed E-state index contributed by atoms with van der Waals surface area (Å²) in [6.07, 6.45) is 6.17. The molecule has 110 valence electrons. The van der Waals surface area contributed by atoms with Crippen LogP contribution < -0.4 is 5.32 Å². The van der Waals surface area contributed by atoms with Gasteiger partial charge in [-0.3, -0.25) is 4.79 Å². The second kappa shape index (κ2) is 6.43. The molecule has 20 heavy (non-hydrogen) atoms. The van der Waals surface area contributed by atoms with Crippen LogP contribution >= 0.6 is 15.9 Å². The van der Waals surface area contributed by atoms with E-state index in [0.29, 0.717) is 18.2 Å². The van der Waals surface area contributed by atoms with Crippen molar-refractivity contribution in [3.05, 3.63) is 22.4 Å². The van der Waals surface area contributed by atoms with Crippen LogP contribution in [0.2, 0.25) is 0 Å². The van der Waals surface area contributed by atoms with Gasteiger partial charge in [-0.2, -0.15) is 0 Å². The molecule has 5 nitrogen and oxygen atoms in total. The minimum absolute atomic E-state index is 0.314. The summed E-state index contributed by atoms with van der Waals surface area (Å²) in [6, 6.07) is 1.30. The average Bonchev–Trinajstić information content (AvgIpc) is 3.16. The molecule has 1 atom stereocenters. The van der Waals surface area contributed by atoms with Crippen molar-refractivity contribution in [1.82, 2.24) is 9.88 Å². The number of halogens is 1. The molecule has 0 saturated heterocycles. The first-order chi connectivity index (χ1) is 9.52. The zero-order chi connectivity index (χ0) is 14.7. The number of hydrogen-bond donors (Lipinski definition) is 2. The van der Waals surface area contributed by atoms with Crippen LogP contribution in [-0.4, -0.2) is 27.6 Å². The standard InChI is InChI=1S/C14H19BrN2O3/c1-2-3-4-11(14(19)20)16-13(18)12-7-9(15)8-17(12)10-5-6-10/h7-8,10-11H,2-6H2,1H3,(H,16,18)(H,19,20)/t11-/m0/s1. The van der Waals surface area contributed by atoms with Crippen molar-refractivity contribution in [2.24, 2.45) is 0 Å². The summed E-state index contributed by atoms with van der Waals surface area (Å²) in [7, 11) is 0. The highest BCUT2D eigenvalue weighted by Crippen LogP contribution is 2.37. The molecule has 1 aromatic rings. The van der Waals surface area contributed by atoms with Gasteiger partial charge < -0.3 is 15.0 Å². The maximum atomic E-state index is 12.3. The van der Waals surface area contributed by atoms with Crippen molar-refractivity contribution in [2.45, 2.75) is 51.1 Å². The van der Waals surface area contributed by atoms with Crippen LogP contribution in [0, 0.1) is 0 Å². The van der Waals surface area contributed by atoms with Gasteiger partial charge in [-0.15, -0.1) is 0 Å². The van der Waals surface area contributed by atoms with Gasteiger partial charge >= 0.3 is 5.97 Å². The van der Waals surface area contributed by atoms with Crippen LogP contribution in [0.4, 0.5) is 0 Å². The second-order valence-electron chi connectivity index (χ2n) is 5.19. The number of hydrogen-bond acceptors (Lipinski definition) is 2. The number of amides is 1. The average molecular weight is 343 g/mol. The smallest absolute Gasteiger partial charge is 0.326 e. The fourth-order valence-corrected chi connectivity index (χ4v) is 2.62. The van der Waals surface area contributed by atoms with Gasteiger partial charge in [0.25, 0.3) is 5.91 Å². The number of nitrogens with zero attached hydrogens (tertiary/aromatic N) is 1. The van der Waals surface area contributed by atoms with E-state index in [-0.39, 0.29) is 5.91 Å². The Morgan fingerprint density at radius 2 is 2.25 bits per heavy atom. The highest BCUT2D eigenvalue weighted by Gasteiger charge is 2.29. The van der Waals surface area contributed by atoms with Crippen LogP contribution in [0.5, 0.6) is 0 Å². The summed E-state index contributed by atoms with van der Waals surface area (Å²) in [5.74, 6) is -1.29. The predicted molar refractivity (Wildman–Crippen MR) is 78.8 cm³/mol. The van der Waals surface area contributed by atoms with Gasteiger partial charge in [-0.25, -0.2) is 4.79 Å². The molecule has 1 aromatic heterocycles. The largest absolute Gasteiger partial charge is 0.480 e. The van der Waals surface area contributed by atoms with Crippen LogP contribution in [-0.2, 0) is 4.79 Å². The summed E-state index contributed by atoms with van der Waals surface area (Å²) in [6.45, 7) is 2.00. The highest BCUT2D eigenvalue weighted by atomic mass is 79.9. The van der Waals surface area contributed by atoms with Gasteiger partial charge in [0.1, 0.15) is 11.7 Å². The molecule has 1 aliphatic carbocycles. The lowest BCUT2D eigenvalue weighted by Crippen LogP contribution is -2.41. The molecule has 2 rings (SSSR count). The lowest BCUT2D eigenvalue weighted by atomic mass is 10.1. The summed E-state index contributed by atoms with van der Waals surface area (Å²) >= 11 is 3.37. The third-order valence-electron chi connectivity index (χ3n) is 3.44. The first-order valence-corrected chi connectivity index (χ1v) is 7.73. The monoisotopic (exact) mass is 342 g/mol. The molecule has 1 amide bonds. The van der Waals surface area contributed by atoms with E-state index >= 15 is 0 Å². The summed E-state index contributed by atoms with van der Waals surface area (Å²) in [4.78, 5) is 23.5. The number of rotatable bonds is 7. The highest BCUT2D eigenvalue weighted by molar-refractivity contribution is 9.10. The number of aromatic nitrogens is 1. The van der Waals surface area contributed by atoms with Crippen molar-refractivity contribution in [1.29, 1.82) is 0 Å². The maximum absolute atomic E-state index is 12.3. The normalized spacial score (nSPS) is 15.9. The molecule has 1 aliphatic rings. The molecule has 0 radical (unpaired) electrons. The predicted octanol–water partition coefficient (Wildman–Crippen LogP) is 2.96. The molecule has 1 heterocycles. The van der Waals surface area contributed by atoms with Crippen molar-refractivity contribution < 1.29 is 14.7 Å². The van der Waals surface area contributed by atoms with Crippen LogP contribution in [0.25, 0.3) is 0 Å². The Morgan fingerprint density at radius 3 is 2.80 bits per heavy atom. The fraction of sp³-hybridized carbons (Fsp3) is 0.571. The topological polar surface area (TPSA) is 71.3 Å². The van der Waals surface area contributed by atoms with Crippen molar-refractivity contribution >= 4 is 27.8 Å². The van der Waals surface area contributed by atoms with E-state index in [1.165, 1.54) is 0 Å². The van der Waals surface area contributed by atoms with Crippen LogP contribution in [0.15, 0.2) is 16.7 Å². The zero-order valence-electron chi connectivity index (χ0n) is 11.4. The Morgan fingerprint density at radius 1 is 1.55 bits per heavy atom. The van der Waals surface area contributed by atoms with Crippen molar-refractivity contribution in [3.8, 4) is 0 Å². The van der Waals surface area contributed by atoms with E-state index in [9.17, 15) is 9.59 Å². The Labute approximate surface area is 126 Å². The molecule has 0 unspecified atom stereocenters. The summed E-state index contributed by atoms with van der Waals surface area (Å²) in [5.41, 5.74) is 0.530. The van der Waals surface area contributed by atoms with Crippen LogP contribution in [0.3, 0.4) is 0 Å². The minimum Gasteiger partial charge on any atom is -0.480 e. The van der Waals surface area contributed by atoms with E-state index in [2.05, 4.69) is 21.2 Å². The first kappa shape index (κ1) is 15.1. The van der Waals surface area contributed by atoms with Crippen LogP contribution in [0.1, 0.15) is 55.6 Å². The Balaban J connectivity index is 2.08. The van der Waals surface area contributed by atoms with E-state index < -0.39 is 12.0 Å². The van der Waals surface area contributed by atoms with Gasteiger partial charge in [0.15, 0.2) is 0 Å². The Hall–Kier alpha value is -1.30. The molecule has 1 saturated carbocycles. The zero-order valence-corrected chi connectivity index (χ0v) is 13.0. The number of aliphatic carboxylic acids is 1. The van der Waals surface area contributed by atoms with Gasteiger partial charge in [0, 0.05) is 16.7 Å². The fourth-order valence-electron chi connectivity index (χ4n) is 2.18. The quantitative estimate of drug-likeness (QED) is 0.800. The second-order valence-corrected chi connectivity index (χ2v) is 6.10. The molecule has 0 spiro atoms.